The van der Waals surface area contributed by atoms with Crippen LogP contribution in [0.5, 0.6) is 0 Å². The maximum Gasteiger partial charge on any atom is 0.156 e. The van der Waals surface area contributed by atoms with Gasteiger partial charge in [0.2, 0.25) is 0 Å². The van der Waals surface area contributed by atoms with E-state index in [-0.39, 0.29) is 23.5 Å². The number of nitriles is 1. The Morgan fingerprint density at radius 2 is 2.00 bits per heavy atom. The first-order valence-electron chi connectivity index (χ1n) is 11.7. The first kappa shape index (κ1) is 21.2. The average molecular weight is 431 g/mol. The van der Waals surface area contributed by atoms with E-state index in [4.69, 9.17) is 5.21 Å². The molecule has 5 heteroatoms. The van der Waals surface area contributed by atoms with Crippen LogP contribution in [0.15, 0.2) is 52.2 Å². The Balaban J connectivity index is 1.66. The molecule has 0 unspecified atom stereocenters. The number of nitrogens with zero attached hydrogens (tertiary/aromatic N) is 2. The molecule has 2 fully saturated rings. The molecule has 1 aromatic carbocycles. The summed E-state index contributed by atoms with van der Waals surface area (Å²) in [5.41, 5.74) is 4.82. The van der Waals surface area contributed by atoms with Gasteiger partial charge < -0.3 is 10.3 Å². The first-order chi connectivity index (χ1) is 15.4. The van der Waals surface area contributed by atoms with Crippen LogP contribution in [0.3, 0.4) is 0 Å². The van der Waals surface area contributed by atoms with Gasteiger partial charge in [0.05, 0.1) is 24.3 Å². The lowest BCUT2D eigenvalue weighted by Gasteiger charge is -2.54. The molecule has 2 saturated carbocycles. The Morgan fingerprint density at radius 1 is 1.22 bits per heavy atom. The van der Waals surface area contributed by atoms with E-state index < -0.39 is 5.60 Å². The Hall–Kier alpha value is -2.71. The lowest BCUT2D eigenvalue weighted by atomic mass is 9.51. The third-order valence-electron chi connectivity index (χ3n) is 8.97. The number of rotatable bonds is 3. The quantitative estimate of drug-likeness (QED) is 0.399. The third-order valence-corrected chi connectivity index (χ3v) is 8.97. The predicted molar refractivity (Wildman–Crippen MR) is 121 cm³/mol. The van der Waals surface area contributed by atoms with Crippen molar-refractivity contribution in [1.82, 2.24) is 0 Å². The molecule has 2 N–H and O–H groups in total. The number of aliphatic hydroxyl groups is 1. The molecule has 1 aromatic rings. The van der Waals surface area contributed by atoms with Crippen LogP contribution < -0.4 is 0 Å². The van der Waals surface area contributed by atoms with Crippen molar-refractivity contribution in [3.8, 4) is 6.07 Å². The smallest absolute Gasteiger partial charge is 0.156 e. The van der Waals surface area contributed by atoms with E-state index in [9.17, 15) is 15.2 Å². The largest absolute Gasteiger partial charge is 0.411 e. The summed E-state index contributed by atoms with van der Waals surface area (Å²) >= 11 is 0. The summed E-state index contributed by atoms with van der Waals surface area (Å²) in [5, 5.41) is 33.1. The second-order valence-electron chi connectivity index (χ2n) is 10.3. The van der Waals surface area contributed by atoms with E-state index >= 15 is 0 Å². The summed E-state index contributed by atoms with van der Waals surface area (Å²) in [6.07, 6.45) is 9.23. The summed E-state index contributed by atoms with van der Waals surface area (Å²) in [7, 11) is 0. The molecular weight excluding hydrogens is 400 g/mol. The Bertz CT molecular complexity index is 1080. The second kappa shape index (κ2) is 7.71. The van der Waals surface area contributed by atoms with Crippen molar-refractivity contribution in [3.63, 3.8) is 0 Å². The SMILES string of the molecule is C[C@]12C[C@H](c3ccc(C=NO)cc3)C3=C4CCC(=O)C=C4CC[C@H]3[C@@H]1CC[C@@]2(O)CC#N. The van der Waals surface area contributed by atoms with Crippen LogP contribution >= 0.6 is 0 Å². The fourth-order valence-corrected chi connectivity index (χ4v) is 7.36. The van der Waals surface area contributed by atoms with Gasteiger partial charge in [-0.25, -0.2) is 0 Å². The molecule has 5 atom stereocenters. The van der Waals surface area contributed by atoms with Crippen molar-refractivity contribution in [1.29, 1.82) is 5.26 Å². The van der Waals surface area contributed by atoms with Crippen molar-refractivity contribution < 1.29 is 15.1 Å². The number of fused-ring (bicyclic) bond motifs is 4. The van der Waals surface area contributed by atoms with Gasteiger partial charge in [0.1, 0.15) is 0 Å². The fraction of sp³-hybridized carbons (Fsp3) is 0.519. The third kappa shape index (κ3) is 3.08. The number of hydrogen-bond acceptors (Lipinski definition) is 5. The Morgan fingerprint density at radius 3 is 2.72 bits per heavy atom. The van der Waals surface area contributed by atoms with Crippen molar-refractivity contribution in [3.05, 3.63) is 58.2 Å². The van der Waals surface area contributed by atoms with Crippen LogP contribution in [0.25, 0.3) is 0 Å². The highest BCUT2D eigenvalue weighted by molar-refractivity contribution is 5.93. The predicted octanol–water partition coefficient (Wildman–Crippen LogP) is 5.04. The second-order valence-corrected chi connectivity index (χ2v) is 10.3. The lowest BCUT2D eigenvalue weighted by molar-refractivity contribution is -0.114. The van der Waals surface area contributed by atoms with Crippen LogP contribution in [0, 0.1) is 28.6 Å². The zero-order valence-corrected chi connectivity index (χ0v) is 18.6. The van der Waals surface area contributed by atoms with E-state index in [1.807, 2.05) is 18.2 Å². The van der Waals surface area contributed by atoms with Crippen LogP contribution in [-0.4, -0.2) is 27.9 Å². The molecule has 32 heavy (non-hydrogen) atoms. The topological polar surface area (TPSA) is 93.7 Å². The summed E-state index contributed by atoms with van der Waals surface area (Å²) in [6, 6.07) is 10.4. The van der Waals surface area contributed by atoms with Crippen molar-refractivity contribution in [2.45, 2.75) is 69.8 Å². The summed E-state index contributed by atoms with van der Waals surface area (Å²) < 4.78 is 0. The van der Waals surface area contributed by atoms with Gasteiger partial charge in [0.15, 0.2) is 5.78 Å². The van der Waals surface area contributed by atoms with Crippen LogP contribution in [0.1, 0.15) is 75.3 Å². The number of ketones is 1. The molecule has 0 bridgehead atoms. The van der Waals surface area contributed by atoms with E-state index in [0.29, 0.717) is 24.7 Å². The number of benzene rings is 1. The standard InChI is InChI=1S/C27H30N2O3/c1-26-15-23(18-4-2-17(3-5-18)16-29-32)25-21-9-7-20(30)14-19(21)6-8-22(25)24(26)10-11-27(26,31)12-13-28/h2-5,14,16,22-24,31-32H,6-12,15H2,1H3/t22-,23+,24-,26-,27+/m0/s1. The van der Waals surface area contributed by atoms with E-state index in [2.05, 4.69) is 30.3 Å². The van der Waals surface area contributed by atoms with Crippen molar-refractivity contribution in [2.75, 3.05) is 0 Å². The van der Waals surface area contributed by atoms with Gasteiger partial charge in [0, 0.05) is 17.8 Å². The molecule has 4 aliphatic carbocycles. The summed E-state index contributed by atoms with van der Waals surface area (Å²) in [5.74, 6) is 1.12. The molecule has 0 aromatic heterocycles. The van der Waals surface area contributed by atoms with Gasteiger partial charge in [-0.05, 0) is 78.7 Å². The molecule has 5 rings (SSSR count). The van der Waals surface area contributed by atoms with E-state index in [1.165, 1.54) is 28.5 Å². The van der Waals surface area contributed by atoms with Gasteiger partial charge in [-0.3, -0.25) is 4.79 Å². The van der Waals surface area contributed by atoms with Crippen LogP contribution in [0.2, 0.25) is 0 Å². The minimum Gasteiger partial charge on any atom is -0.411 e. The normalized spacial score (nSPS) is 36.3. The molecule has 5 nitrogen and oxygen atoms in total. The zero-order valence-electron chi connectivity index (χ0n) is 18.6. The molecule has 0 radical (unpaired) electrons. The monoisotopic (exact) mass is 430 g/mol. The first-order valence-corrected chi connectivity index (χ1v) is 11.7. The average Bonchev–Trinajstić information content (AvgIpc) is 3.04. The number of allylic oxidation sites excluding steroid dienone is 4. The fourth-order valence-electron chi connectivity index (χ4n) is 7.36. The van der Waals surface area contributed by atoms with Crippen LogP contribution in [0.4, 0.5) is 0 Å². The zero-order chi connectivity index (χ0) is 22.5. The molecular formula is C27H30N2O3. The molecule has 0 spiro atoms. The number of carbonyl (C=O) groups is 1. The van der Waals surface area contributed by atoms with Gasteiger partial charge >= 0.3 is 0 Å². The maximum absolute atomic E-state index is 12.1. The highest BCUT2D eigenvalue weighted by atomic mass is 16.4. The molecule has 0 aliphatic heterocycles. The maximum atomic E-state index is 12.1. The number of oxime groups is 1. The van der Waals surface area contributed by atoms with E-state index in [0.717, 1.165) is 37.7 Å². The molecule has 4 aliphatic rings. The minimum absolute atomic E-state index is 0.150. The number of hydrogen-bond donors (Lipinski definition) is 2. The Labute approximate surface area is 189 Å². The highest BCUT2D eigenvalue weighted by Crippen LogP contribution is 2.67. The van der Waals surface area contributed by atoms with Crippen LogP contribution in [-0.2, 0) is 4.79 Å². The lowest BCUT2D eigenvalue weighted by Crippen LogP contribution is -2.51. The minimum atomic E-state index is -0.955. The summed E-state index contributed by atoms with van der Waals surface area (Å²) in [6.45, 7) is 2.21. The Kier molecular flexibility index (Phi) is 5.09. The molecule has 0 heterocycles. The van der Waals surface area contributed by atoms with Gasteiger partial charge in [-0.1, -0.05) is 41.9 Å². The van der Waals surface area contributed by atoms with Crippen molar-refractivity contribution in [2.24, 2.45) is 22.4 Å². The van der Waals surface area contributed by atoms with E-state index in [1.54, 1.807) is 0 Å². The molecule has 166 valence electrons. The van der Waals surface area contributed by atoms with Gasteiger partial charge in [0.25, 0.3) is 0 Å². The highest BCUT2D eigenvalue weighted by Gasteiger charge is 2.62. The number of carbonyl (C=O) groups excluding carboxylic acids is 1. The van der Waals surface area contributed by atoms with Gasteiger partial charge in [-0.15, -0.1) is 0 Å². The summed E-state index contributed by atoms with van der Waals surface area (Å²) in [4.78, 5) is 12.1. The van der Waals surface area contributed by atoms with Crippen molar-refractivity contribution >= 4 is 12.0 Å². The molecule has 0 amide bonds. The van der Waals surface area contributed by atoms with Gasteiger partial charge in [-0.2, -0.15) is 5.26 Å². The molecule has 0 saturated heterocycles.